The standard InChI is InChI=1S/C23H20F3N3O3S/c1-2-14-4-3-5-18(12-14)27-22(30)16-8-6-15(7-9-16)21-28-19-13-17(23(24,25)26)10-11-20(19)33(31,32)29-21/h3-13,21,28-29H,2H2,1H3,(H,27,30)/t21-/m0/s1. The van der Waals surface area contributed by atoms with Gasteiger partial charge in [0.05, 0.1) is 11.3 Å². The molecule has 1 aliphatic rings. The third-order valence-electron chi connectivity index (χ3n) is 5.27. The highest BCUT2D eigenvalue weighted by molar-refractivity contribution is 7.89. The minimum absolute atomic E-state index is 0.147. The number of sulfonamides is 1. The van der Waals surface area contributed by atoms with E-state index in [1.165, 1.54) is 24.3 Å². The van der Waals surface area contributed by atoms with E-state index >= 15 is 0 Å². The van der Waals surface area contributed by atoms with E-state index in [9.17, 15) is 26.4 Å². The summed E-state index contributed by atoms with van der Waals surface area (Å²) < 4.78 is 66.7. The van der Waals surface area contributed by atoms with Gasteiger partial charge < -0.3 is 10.6 Å². The van der Waals surface area contributed by atoms with Crippen molar-refractivity contribution in [3.05, 3.63) is 89.0 Å². The zero-order valence-electron chi connectivity index (χ0n) is 17.4. The lowest BCUT2D eigenvalue weighted by Gasteiger charge is -2.29. The predicted octanol–water partition coefficient (Wildman–Crippen LogP) is 4.92. The maximum atomic E-state index is 13.1. The monoisotopic (exact) mass is 475 g/mol. The first kappa shape index (κ1) is 22.8. The van der Waals surface area contributed by atoms with Crippen LogP contribution in [0.1, 0.15) is 40.1 Å². The summed E-state index contributed by atoms with van der Waals surface area (Å²) in [4.78, 5) is 12.3. The van der Waals surface area contributed by atoms with Crippen molar-refractivity contribution in [1.29, 1.82) is 0 Å². The first-order chi connectivity index (χ1) is 15.6. The number of carbonyl (C=O) groups excluding carboxylic acids is 1. The molecule has 0 aromatic heterocycles. The Kier molecular flexibility index (Phi) is 5.89. The second-order valence-electron chi connectivity index (χ2n) is 7.54. The molecule has 3 aromatic carbocycles. The van der Waals surface area contributed by atoms with Crippen LogP contribution in [0.4, 0.5) is 24.5 Å². The van der Waals surface area contributed by atoms with Gasteiger partial charge in [0.15, 0.2) is 0 Å². The van der Waals surface area contributed by atoms with E-state index in [4.69, 9.17) is 0 Å². The van der Waals surface area contributed by atoms with Crippen molar-refractivity contribution in [2.45, 2.75) is 30.6 Å². The number of carbonyl (C=O) groups is 1. The summed E-state index contributed by atoms with van der Waals surface area (Å²) in [6.45, 7) is 2.01. The SMILES string of the molecule is CCc1cccc(NC(=O)c2ccc([C@H]3Nc4cc(C(F)(F)F)ccc4S(=O)(=O)N3)cc2)c1. The fraction of sp³-hybridized carbons (Fsp3) is 0.174. The Bertz CT molecular complexity index is 1310. The summed E-state index contributed by atoms with van der Waals surface area (Å²) >= 11 is 0. The molecule has 3 N–H and O–H groups in total. The highest BCUT2D eigenvalue weighted by atomic mass is 32.2. The molecule has 0 unspecified atom stereocenters. The lowest BCUT2D eigenvalue weighted by molar-refractivity contribution is -0.137. The maximum Gasteiger partial charge on any atom is 0.416 e. The highest BCUT2D eigenvalue weighted by Crippen LogP contribution is 2.37. The Morgan fingerprint density at radius 3 is 2.42 bits per heavy atom. The predicted molar refractivity (Wildman–Crippen MR) is 118 cm³/mol. The molecule has 6 nitrogen and oxygen atoms in total. The summed E-state index contributed by atoms with van der Waals surface area (Å²) in [6.07, 6.45) is -4.77. The molecule has 3 aromatic rings. The molecule has 1 aliphatic heterocycles. The van der Waals surface area contributed by atoms with Crippen molar-refractivity contribution in [2.24, 2.45) is 0 Å². The molecule has 33 heavy (non-hydrogen) atoms. The second-order valence-corrected chi connectivity index (χ2v) is 9.22. The van der Waals surface area contributed by atoms with Crippen LogP contribution in [0.25, 0.3) is 0 Å². The molecule has 0 aliphatic carbocycles. The molecular formula is C23H20F3N3O3S. The molecule has 0 saturated carbocycles. The molecule has 1 amide bonds. The topological polar surface area (TPSA) is 87.3 Å². The molecule has 10 heteroatoms. The number of rotatable bonds is 4. The van der Waals surface area contributed by atoms with E-state index in [1.807, 2.05) is 25.1 Å². The molecule has 0 bridgehead atoms. The molecule has 0 radical (unpaired) electrons. The Labute approximate surface area is 188 Å². The van der Waals surface area contributed by atoms with Crippen LogP contribution in [0.15, 0.2) is 71.6 Å². The van der Waals surface area contributed by atoms with Crippen molar-refractivity contribution in [3.8, 4) is 0 Å². The number of nitrogens with one attached hydrogen (secondary N) is 3. The third kappa shape index (κ3) is 4.86. The number of benzene rings is 3. The van der Waals surface area contributed by atoms with E-state index in [0.717, 1.165) is 30.2 Å². The molecule has 0 fully saturated rings. The van der Waals surface area contributed by atoms with Gasteiger partial charge in [-0.1, -0.05) is 31.2 Å². The van der Waals surface area contributed by atoms with Gasteiger partial charge in [0.2, 0.25) is 10.0 Å². The summed E-state index contributed by atoms with van der Waals surface area (Å²) in [5.41, 5.74) is 1.41. The summed E-state index contributed by atoms with van der Waals surface area (Å²) in [7, 11) is -4.03. The fourth-order valence-electron chi connectivity index (χ4n) is 3.51. The number of alkyl halides is 3. The normalized spacial score (nSPS) is 17.0. The average Bonchev–Trinajstić information content (AvgIpc) is 2.78. The number of fused-ring (bicyclic) bond motifs is 1. The van der Waals surface area contributed by atoms with E-state index < -0.39 is 27.9 Å². The van der Waals surface area contributed by atoms with Crippen molar-refractivity contribution in [1.82, 2.24) is 4.72 Å². The smallest absolute Gasteiger partial charge is 0.364 e. The first-order valence-corrected chi connectivity index (χ1v) is 11.6. The van der Waals surface area contributed by atoms with Crippen LogP contribution in [0.5, 0.6) is 0 Å². The van der Waals surface area contributed by atoms with Gasteiger partial charge in [-0.05, 0) is 60.0 Å². The van der Waals surface area contributed by atoms with Crippen LogP contribution in [0, 0.1) is 0 Å². The van der Waals surface area contributed by atoms with Gasteiger partial charge in [0.25, 0.3) is 5.91 Å². The van der Waals surface area contributed by atoms with Gasteiger partial charge in [-0.2, -0.15) is 17.9 Å². The Morgan fingerprint density at radius 2 is 1.76 bits per heavy atom. The summed E-state index contributed by atoms with van der Waals surface area (Å²) in [6, 6.07) is 16.0. The van der Waals surface area contributed by atoms with E-state index in [1.54, 1.807) is 6.07 Å². The largest absolute Gasteiger partial charge is 0.416 e. The van der Waals surface area contributed by atoms with Crippen molar-refractivity contribution < 1.29 is 26.4 Å². The molecule has 1 atom stereocenters. The van der Waals surface area contributed by atoms with E-state index in [2.05, 4.69) is 15.4 Å². The van der Waals surface area contributed by atoms with Crippen molar-refractivity contribution in [2.75, 3.05) is 10.6 Å². The number of anilines is 2. The van der Waals surface area contributed by atoms with Crippen LogP contribution < -0.4 is 15.4 Å². The zero-order valence-corrected chi connectivity index (χ0v) is 18.2. The Hall–Kier alpha value is -3.37. The van der Waals surface area contributed by atoms with Crippen LogP contribution in [-0.2, 0) is 22.6 Å². The van der Waals surface area contributed by atoms with Crippen LogP contribution in [0.2, 0.25) is 0 Å². The highest BCUT2D eigenvalue weighted by Gasteiger charge is 2.35. The van der Waals surface area contributed by atoms with Gasteiger partial charge in [-0.3, -0.25) is 4.79 Å². The summed E-state index contributed by atoms with van der Waals surface area (Å²) in [5, 5.41) is 5.60. The molecule has 172 valence electrons. The number of halogens is 3. The summed E-state index contributed by atoms with van der Waals surface area (Å²) in [5.74, 6) is -0.341. The third-order valence-corrected chi connectivity index (χ3v) is 6.75. The van der Waals surface area contributed by atoms with E-state index in [-0.39, 0.29) is 16.5 Å². The lowest BCUT2D eigenvalue weighted by Crippen LogP contribution is -2.38. The minimum atomic E-state index is -4.60. The van der Waals surface area contributed by atoms with Crippen LogP contribution in [0.3, 0.4) is 0 Å². The average molecular weight is 475 g/mol. The van der Waals surface area contributed by atoms with Gasteiger partial charge in [-0.15, -0.1) is 0 Å². The number of aryl methyl sites for hydroxylation is 1. The number of hydrogen-bond donors (Lipinski definition) is 3. The number of amides is 1. The molecule has 1 heterocycles. The maximum absolute atomic E-state index is 13.1. The number of hydrogen-bond acceptors (Lipinski definition) is 4. The van der Waals surface area contributed by atoms with E-state index in [0.29, 0.717) is 16.8 Å². The van der Waals surface area contributed by atoms with Crippen LogP contribution in [-0.4, -0.2) is 14.3 Å². The van der Waals surface area contributed by atoms with Crippen molar-refractivity contribution >= 4 is 27.3 Å². The fourth-order valence-corrected chi connectivity index (χ4v) is 4.79. The zero-order chi connectivity index (χ0) is 23.8. The quantitative estimate of drug-likeness (QED) is 0.500. The van der Waals surface area contributed by atoms with Gasteiger partial charge >= 0.3 is 6.18 Å². The van der Waals surface area contributed by atoms with Gasteiger partial charge in [0, 0.05) is 11.3 Å². The molecule has 4 rings (SSSR count). The molecule has 0 spiro atoms. The minimum Gasteiger partial charge on any atom is -0.364 e. The molecular weight excluding hydrogens is 455 g/mol. The van der Waals surface area contributed by atoms with Crippen molar-refractivity contribution in [3.63, 3.8) is 0 Å². The van der Waals surface area contributed by atoms with Gasteiger partial charge in [0.1, 0.15) is 11.1 Å². The molecule has 0 saturated heterocycles. The lowest BCUT2D eigenvalue weighted by atomic mass is 10.1. The van der Waals surface area contributed by atoms with Gasteiger partial charge in [-0.25, -0.2) is 8.42 Å². The Morgan fingerprint density at radius 1 is 1.03 bits per heavy atom. The Balaban J connectivity index is 1.55. The van der Waals surface area contributed by atoms with Crippen LogP contribution >= 0.6 is 0 Å². The first-order valence-electron chi connectivity index (χ1n) is 10.1. The second kappa shape index (κ2) is 8.53.